The molecule has 6 rings (SSSR count). The van der Waals surface area contributed by atoms with E-state index >= 15 is 0 Å². The number of hydrogen-bond donors (Lipinski definition) is 0. The molecule has 10 nitrogen and oxygen atoms in total. The predicted molar refractivity (Wildman–Crippen MR) is 159 cm³/mol. The average molecular weight is 587 g/mol. The van der Waals surface area contributed by atoms with Gasteiger partial charge in [-0.25, -0.2) is 19.4 Å². The van der Waals surface area contributed by atoms with Gasteiger partial charge in [-0.15, -0.1) is 0 Å². The maximum Gasteiger partial charge on any atom is 0.343 e. The minimum Gasteiger partial charge on any atom is -0.423 e. The van der Waals surface area contributed by atoms with Gasteiger partial charge in [-0.05, 0) is 97.4 Å². The maximum atomic E-state index is 12.8. The van der Waals surface area contributed by atoms with Gasteiger partial charge in [0.1, 0.15) is 11.5 Å². The smallest absolute Gasteiger partial charge is 0.343 e. The highest BCUT2D eigenvalue weighted by Gasteiger charge is 2.31. The number of fused-ring (bicyclic) bond motifs is 1. The molecule has 4 aromatic rings. The number of nitrogens with zero attached hydrogens (tertiary/aromatic N) is 2. The lowest BCUT2D eigenvalue weighted by atomic mass is 10.1. The van der Waals surface area contributed by atoms with Crippen LogP contribution in [0, 0.1) is 0 Å². The molecule has 0 bridgehead atoms. The monoisotopic (exact) mass is 586 g/mol. The van der Waals surface area contributed by atoms with Gasteiger partial charge in [-0.3, -0.25) is 19.2 Å². The lowest BCUT2D eigenvalue weighted by Gasteiger charge is -2.15. The zero-order valence-electron chi connectivity index (χ0n) is 23.4. The lowest BCUT2D eigenvalue weighted by molar-refractivity contribution is -0.121. The summed E-state index contributed by atoms with van der Waals surface area (Å²) in [6.45, 7) is 3.12. The van der Waals surface area contributed by atoms with Crippen LogP contribution in [-0.4, -0.2) is 35.6 Å². The molecule has 216 valence electrons. The molecule has 0 atom stereocenters. The molecule has 0 spiro atoms. The van der Waals surface area contributed by atoms with Crippen LogP contribution in [0.5, 0.6) is 11.5 Å². The second kappa shape index (κ2) is 10.9. The normalized spacial score (nSPS) is 14.7. The first-order valence-corrected chi connectivity index (χ1v) is 13.4. The first kappa shape index (κ1) is 28.0. The van der Waals surface area contributed by atoms with Crippen LogP contribution in [-0.2, 0) is 19.2 Å². The summed E-state index contributed by atoms with van der Waals surface area (Å²) in [7, 11) is 0. The Labute approximate surface area is 250 Å². The van der Waals surface area contributed by atoms with Crippen LogP contribution >= 0.6 is 0 Å². The highest BCUT2D eigenvalue weighted by Crippen LogP contribution is 2.28. The van der Waals surface area contributed by atoms with E-state index in [-0.39, 0.29) is 22.6 Å². The standard InChI is InChI=1S/C34H22N2O8/c1-19-15-29(37)35(31(19)39)25-9-3-22(4-10-25)33(41)43-27-13-7-21-8-14-28(18-24(21)17-27)44-34(42)23-5-11-26(12-6-23)36-30(38)16-20(2)32(36)40/h3-18H,1-2H3. The highest BCUT2D eigenvalue weighted by molar-refractivity contribution is 6.31. The fraction of sp³-hybridized carbons (Fsp3) is 0.0588. The van der Waals surface area contributed by atoms with Crippen LogP contribution in [0.3, 0.4) is 0 Å². The van der Waals surface area contributed by atoms with Crippen LogP contribution in [0.4, 0.5) is 11.4 Å². The summed E-state index contributed by atoms with van der Waals surface area (Å²) in [5.74, 6) is -2.48. The maximum absolute atomic E-state index is 12.8. The van der Waals surface area contributed by atoms with Gasteiger partial charge in [-0.1, -0.05) is 12.1 Å². The Morgan fingerprint density at radius 2 is 0.909 bits per heavy atom. The summed E-state index contributed by atoms with van der Waals surface area (Å²) in [5.41, 5.74) is 1.80. The van der Waals surface area contributed by atoms with E-state index in [1.54, 1.807) is 50.2 Å². The van der Waals surface area contributed by atoms with Crippen molar-refractivity contribution in [2.75, 3.05) is 9.80 Å². The molecule has 0 unspecified atom stereocenters. The van der Waals surface area contributed by atoms with E-state index in [0.29, 0.717) is 27.9 Å². The average Bonchev–Trinajstić information content (AvgIpc) is 3.42. The minimum absolute atomic E-state index is 0.219. The van der Waals surface area contributed by atoms with Gasteiger partial charge in [-0.2, -0.15) is 0 Å². The van der Waals surface area contributed by atoms with E-state index in [2.05, 4.69) is 0 Å². The summed E-state index contributed by atoms with van der Waals surface area (Å²) in [5, 5.41) is 1.46. The van der Waals surface area contributed by atoms with Crippen molar-refractivity contribution in [2.24, 2.45) is 0 Å². The van der Waals surface area contributed by atoms with E-state index in [1.165, 1.54) is 60.7 Å². The van der Waals surface area contributed by atoms with Crippen molar-refractivity contribution in [1.82, 2.24) is 0 Å². The summed E-state index contributed by atoms with van der Waals surface area (Å²) in [6.07, 6.45) is 2.52. The third kappa shape index (κ3) is 5.16. The molecule has 0 saturated carbocycles. The molecular weight excluding hydrogens is 564 g/mol. The topological polar surface area (TPSA) is 127 Å². The number of carbonyl (C=O) groups excluding carboxylic acids is 6. The molecule has 0 fully saturated rings. The first-order chi connectivity index (χ1) is 21.1. The third-order valence-corrected chi connectivity index (χ3v) is 7.13. The van der Waals surface area contributed by atoms with E-state index in [9.17, 15) is 28.8 Å². The molecular formula is C34H22N2O8. The summed E-state index contributed by atoms with van der Waals surface area (Å²) in [4.78, 5) is 76.3. The number of benzene rings is 4. The van der Waals surface area contributed by atoms with E-state index < -0.39 is 35.6 Å². The second-order valence-corrected chi connectivity index (χ2v) is 10.2. The highest BCUT2D eigenvalue weighted by atomic mass is 16.5. The number of rotatable bonds is 6. The zero-order chi connectivity index (χ0) is 31.1. The van der Waals surface area contributed by atoms with Crippen LogP contribution in [0.15, 0.2) is 108 Å². The molecule has 10 heteroatoms. The van der Waals surface area contributed by atoms with E-state index in [4.69, 9.17) is 9.47 Å². The van der Waals surface area contributed by atoms with Crippen LogP contribution < -0.4 is 19.3 Å². The molecule has 2 aliphatic rings. The Hall–Kier alpha value is -6.16. The number of carbonyl (C=O) groups is 6. The minimum atomic E-state index is -0.640. The first-order valence-electron chi connectivity index (χ1n) is 13.4. The Bertz CT molecular complexity index is 1850. The van der Waals surface area contributed by atoms with Crippen molar-refractivity contribution < 1.29 is 38.2 Å². The SMILES string of the molecule is CC1=CC(=O)N(c2ccc(C(=O)Oc3ccc4ccc(OC(=O)c5ccc(N6C(=O)C=C(C)C6=O)cc5)cc4c3)cc2)C1=O. The molecule has 2 heterocycles. The third-order valence-electron chi connectivity index (χ3n) is 7.13. The largest absolute Gasteiger partial charge is 0.423 e. The van der Waals surface area contributed by atoms with Crippen LogP contribution in [0.1, 0.15) is 34.6 Å². The number of amides is 4. The van der Waals surface area contributed by atoms with Crippen molar-refractivity contribution in [3.8, 4) is 11.5 Å². The van der Waals surface area contributed by atoms with Crippen LogP contribution in [0.2, 0.25) is 0 Å². The molecule has 0 aliphatic carbocycles. The van der Waals surface area contributed by atoms with Gasteiger partial charge >= 0.3 is 11.9 Å². The number of ether oxygens (including phenoxy) is 2. The molecule has 44 heavy (non-hydrogen) atoms. The predicted octanol–water partition coefficient (Wildman–Crippen LogP) is 4.92. The Morgan fingerprint density at radius 3 is 1.25 bits per heavy atom. The molecule has 0 saturated heterocycles. The Kier molecular flexibility index (Phi) is 6.94. The van der Waals surface area contributed by atoms with Crippen molar-refractivity contribution >= 4 is 57.7 Å². The van der Waals surface area contributed by atoms with Gasteiger partial charge in [0.15, 0.2) is 0 Å². The molecule has 0 N–H and O–H groups in total. The lowest BCUT2D eigenvalue weighted by Crippen LogP contribution is -2.30. The number of esters is 2. The van der Waals surface area contributed by atoms with Crippen molar-refractivity contribution in [1.29, 1.82) is 0 Å². The Morgan fingerprint density at radius 1 is 0.523 bits per heavy atom. The Balaban J connectivity index is 1.13. The van der Waals surface area contributed by atoms with Gasteiger partial charge in [0.25, 0.3) is 23.6 Å². The fourth-order valence-corrected chi connectivity index (χ4v) is 4.82. The van der Waals surface area contributed by atoms with Crippen LogP contribution in [0.25, 0.3) is 10.8 Å². The fourth-order valence-electron chi connectivity index (χ4n) is 4.82. The van der Waals surface area contributed by atoms with Gasteiger partial charge in [0.05, 0.1) is 22.5 Å². The molecule has 0 radical (unpaired) electrons. The molecule has 2 aliphatic heterocycles. The second-order valence-electron chi connectivity index (χ2n) is 10.2. The van der Waals surface area contributed by atoms with Crippen molar-refractivity contribution in [3.05, 3.63) is 119 Å². The van der Waals surface area contributed by atoms with Crippen molar-refractivity contribution in [3.63, 3.8) is 0 Å². The quantitative estimate of drug-likeness (QED) is 0.177. The van der Waals surface area contributed by atoms with E-state index in [0.717, 1.165) is 15.2 Å². The van der Waals surface area contributed by atoms with Gasteiger partial charge < -0.3 is 9.47 Å². The van der Waals surface area contributed by atoms with E-state index in [1.807, 2.05) is 0 Å². The van der Waals surface area contributed by atoms with Gasteiger partial charge in [0.2, 0.25) is 0 Å². The zero-order valence-corrected chi connectivity index (χ0v) is 23.4. The number of imide groups is 2. The molecule has 4 amide bonds. The number of hydrogen-bond acceptors (Lipinski definition) is 8. The summed E-state index contributed by atoms with van der Waals surface area (Å²) >= 11 is 0. The molecule has 0 aromatic heterocycles. The van der Waals surface area contributed by atoms with Gasteiger partial charge in [0, 0.05) is 23.3 Å². The van der Waals surface area contributed by atoms with Crippen molar-refractivity contribution in [2.45, 2.75) is 13.8 Å². The number of anilines is 2. The summed E-state index contributed by atoms with van der Waals surface area (Å²) < 4.78 is 11.1. The summed E-state index contributed by atoms with van der Waals surface area (Å²) in [6, 6.07) is 21.9. The molecule has 4 aromatic carbocycles.